The lowest BCUT2D eigenvalue weighted by atomic mass is 9.95. The van der Waals surface area contributed by atoms with Gasteiger partial charge in [0, 0.05) is 25.2 Å². The van der Waals surface area contributed by atoms with Gasteiger partial charge in [0.1, 0.15) is 6.04 Å². The van der Waals surface area contributed by atoms with E-state index in [4.69, 9.17) is 4.74 Å². The zero-order chi connectivity index (χ0) is 17.1. The SMILES string of the molecule is CC(=O)N1CCOCC1C(=O)Nc1cc(C)n(C2CCCCC2)n1. The first kappa shape index (κ1) is 17.0. The molecule has 7 heteroatoms. The van der Waals surface area contributed by atoms with Crippen molar-refractivity contribution >= 4 is 17.6 Å². The number of carbonyl (C=O) groups is 2. The second-order valence-corrected chi connectivity index (χ2v) is 6.70. The maximum Gasteiger partial charge on any atom is 0.250 e. The Bertz CT molecular complexity index is 607. The maximum atomic E-state index is 12.5. The van der Waals surface area contributed by atoms with Gasteiger partial charge in [0.15, 0.2) is 5.82 Å². The summed E-state index contributed by atoms with van der Waals surface area (Å²) in [5.74, 6) is 0.206. The molecule has 1 unspecified atom stereocenters. The first-order valence-corrected chi connectivity index (χ1v) is 8.78. The molecule has 2 amide bonds. The van der Waals surface area contributed by atoms with Crippen molar-refractivity contribution in [2.24, 2.45) is 0 Å². The molecule has 1 saturated carbocycles. The Hall–Kier alpha value is -1.89. The van der Waals surface area contributed by atoms with Gasteiger partial charge in [-0.3, -0.25) is 14.3 Å². The predicted molar refractivity (Wildman–Crippen MR) is 89.7 cm³/mol. The van der Waals surface area contributed by atoms with Crippen molar-refractivity contribution in [1.82, 2.24) is 14.7 Å². The molecule has 24 heavy (non-hydrogen) atoms. The molecule has 2 aliphatic rings. The van der Waals surface area contributed by atoms with Crippen LogP contribution in [-0.4, -0.2) is 52.3 Å². The number of nitrogens with zero attached hydrogens (tertiary/aromatic N) is 3. The number of aromatic nitrogens is 2. The highest BCUT2D eigenvalue weighted by Crippen LogP contribution is 2.29. The number of anilines is 1. The fraction of sp³-hybridized carbons (Fsp3) is 0.706. The minimum Gasteiger partial charge on any atom is -0.377 e. The molecular formula is C17H26N4O3. The highest BCUT2D eigenvalue weighted by molar-refractivity contribution is 5.96. The molecule has 1 atom stereocenters. The number of ether oxygens (including phenoxy) is 1. The lowest BCUT2D eigenvalue weighted by Crippen LogP contribution is -2.53. The maximum absolute atomic E-state index is 12.5. The minimum absolute atomic E-state index is 0.109. The fourth-order valence-corrected chi connectivity index (χ4v) is 3.65. The van der Waals surface area contributed by atoms with Gasteiger partial charge in [0.05, 0.1) is 19.3 Å². The normalized spacial score (nSPS) is 22.4. The van der Waals surface area contributed by atoms with Crippen LogP contribution in [0.25, 0.3) is 0 Å². The van der Waals surface area contributed by atoms with Crippen LogP contribution in [0, 0.1) is 6.92 Å². The molecule has 0 aromatic carbocycles. The Balaban J connectivity index is 1.69. The molecule has 1 aliphatic heterocycles. The third-order valence-corrected chi connectivity index (χ3v) is 4.93. The topological polar surface area (TPSA) is 76.5 Å². The third kappa shape index (κ3) is 3.61. The van der Waals surface area contributed by atoms with E-state index in [2.05, 4.69) is 10.4 Å². The van der Waals surface area contributed by atoms with Crippen LogP contribution >= 0.6 is 0 Å². The van der Waals surface area contributed by atoms with Gasteiger partial charge in [0.25, 0.3) is 5.91 Å². The van der Waals surface area contributed by atoms with Crippen LogP contribution < -0.4 is 5.32 Å². The van der Waals surface area contributed by atoms with E-state index in [1.165, 1.54) is 26.2 Å². The number of rotatable bonds is 3. The highest BCUT2D eigenvalue weighted by atomic mass is 16.5. The molecular weight excluding hydrogens is 308 g/mol. The molecule has 7 nitrogen and oxygen atoms in total. The van der Waals surface area contributed by atoms with Crippen LogP contribution in [0.4, 0.5) is 5.82 Å². The van der Waals surface area contributed by atoms with Gasteiger partial charge in [-0.15, -0.1) is 0 Å². The van der Waals surface area contributed by atoms with Crippen LogP contribution in [0.2, 0.25) is 0 Å². The third-order valence-electron chi connectivity index (χ3n) is 4.93. The Morgan fingerprint density at radius 3 is 2.75 bits per heavy atom. The largest absolute Gasteiger partial charge is 0.377 e. The average molecular weight is 334 g/mol. The summed E-state index contributed by atoms with van der Waals surface area (Å²) in [6.45, 7) is 4.64. The van der Waals surface area contributed by atoms with Crippen molar-refractivity contribution in [3.8, 4) is 0 Å². The number of amides is 2. The molecule has 1 N–H and O–H groups in total. The van der Waals surface area contributed by atoms with Gasteiger partial charge in [0.2, 0.25) is 5.91 Å². The average Bonchev–Trinajstić information content (AvgIpc) is 2.96. The molecule has 0 spiro atoms. The summed E-state index contributed by atoms with van der Waals surface area (Å²) in [5, 5.41) is 7.43. The lowest BCUT2D eigenvalue weighted by Gasteiger charge is -2.33. The lowest BCUT2D eigenvalue weighted by molar-refractivity contribution is -0.144. The number of nitrogens with one attached hydrogen (secondary N) is 1. The van der Waals surface area contributed by atoms with Crippen molar-refractivity contribution < 1.29 is 14.3 Å². The van der Waals surface area contributed by atoms with E-state index in [1.54, 1.807) is 4.90 Å². The van der Waals surface area contributed by atoms with Gasteiger partial charge in [-0.2, -0.15) is 5.10 Å². The first-order valence-electron chi connectivity index (χ1n) is 8.78. The highest BCUT2D eigenvalue weighted by Gasteiger charge is 2.31. The second-order valence-electron chi connectivity index (χ2n) is 6.70. The van der Waals surface area contributed by atoms with Crippen LogP contribution in [-0.2, 0) is 14.3 Å². The van der Waals surface area contributed by atoms with E-state index in [0.29, 0.717) is 25.0 Å². The predicted octanol–water partition coefficient (Wildman–Crippen LogP) is 1.88. The zero-order valence-electron chi connectivity index (χ0n) is 14.5. The summed E-state index contributed by atoms with van der Waals surface area (Å²) >= 11 is 0. The van der Waals surface area contributed by atoms with Crippen LogP contribution in [0.1, 0.15) is 50.8 Å². The van der Waals surface area contributed by atoms with Crippen LogP contribution in [0.5, 0.6) is 0 Å². The van der Waals surface area contributed by atoms with Gasteiger partial charge < -0.3 is 15.0 Å². The number of morpholine rings is 1. The van der Waals surface area contributed by atoms with Crippen LogP contribution in [0.3, 0.4) is 0 Å². The van der Waals surface area contributed by atoms with E-state index in [0.717, 1.165) is 18.5 Å². The summed E-state index contributed by atoms with van der Waals surface area (Å²) in [5.41, 5.74) is 1.06. The first-order chi connectivity index (χ1) is 11.6. The van der Waals surface area contributed by atoms with Crippen LogP contribution in [0.15, 0.2) is 6.07 Å². The summed E-state index contributed by atoms with van der Waals surface area (Å²) in [7, 11) is 0. The summed E-state index contributed by atoms with van der Waals surface area (Å²) in [4.78, 5) is 25.8. The van der Waals surface area contributed by atoms with Gasteiger partial charge in [-0.1, -0.05) is 19.3 Å². The summed E-state index contributed by atoms with van der Waals surface area (Å²) in [6.07, 6.45) is 6.05. The molecule has 132 valence electrons. The molecule has 1 aromatic rings. The Labute approximate surface area is 142 Å². The molecule has 1 saturated heterocycles. The molecule has 1 aliphatic carbocycles. The van der Waals surface area contributed by atoms with E-state index in [-0.39, 0.29) is 18.4 Å². The number of hydrogen-bond donors (Lipinski definition) is 1. The molecule has 2 heterocycles. The monoisotopic (exact) mass is 334 g/mol. The fourth-order valence-electron chi connectivity index (χ4n) is 3.65. The van der Waals surface area contributed by atoms with Gasteiger partial charge >= 0.3 is 0 Å². The van der Waals surface area contributed by atoms with Crippen molar-refractivity contribution in [2.45, 2.75) is 58.0 Å². The quantitative estimate of drug-likeness (QED) is 0.916. The molecule has 0 bridgehead atoms. The number of aryl methyl sites for hydroxylation is 1. The molecule has 2 fully saturated rings. The van der Waals surface area contributed by atoms with Crippen molar-refractivity contribution in [3.05, 3.63) is 11.8 Å². The van der Waals surface area contributed by atoms with E-state index in [9.17, 15) is 9.59 Å². The molecule has 3 rings (SSSR count). The number of carbonyl (C=O) groups excluding carboxylic acids is 2. The molecule has 1 aromatic heterocycles. The minimum atomic E-state index is -0.587. The zero-order valence-corrected chi connectivity index (χ0v) is 14.5. The summed E-state index contributed by atoms with van der Waals surface area (Å²) in [6, 6.07) is 1.74. The van der Waals surface area contributed by atoms with Crippen molar-refractivity contribution in [1.29, 1.82) is 0 Å². The van der Waals surface area contributed by atoms with Crippen molar-refractivity contribution in [2.75, 3.05) is 25.1 Å². The van der Waals surface area contributed by atoms with Crippen molar-refractivity contribution in [3.63, 3.8) is 0 Å². The van der Waals surface area contributed by atoms with Gasteiger partial charge in [-0.05, 0) is 19.8 Å². The Morgan fingerprint density at radius 1 is 1.29 bits per heavy atom. The van der Waals surface area contributed by atoms with E-state index < -0.39 is 6.04 Å². The summed E-state index contributed by atoms with van der Waals surface area (Å²) < 4.78 is 7.40. The Kier molecular flexibility index (Phi) is 5.18. The second kappa shape index (κ2) is 7.34. The van der Waals surface area contributed by atoms with Gasteiger partial charge in [-0.25, -0.2) is 0 Å². The molecule has 0 radical (unpaired) electrons. The Morgan fingerprint density at radius 2 is 2.04 bits per heavy atom. The van der Waals surface area contributed by atoms with E-state index in [1.807, 2.05) is 17.7 Å². The smallest absolute Gasteiger partial charge is 0.250 e. The number of hydrogen-bond acceptors (Lipinski definition) is 4. The van der Waals surface area contributed by atoms with E-state index >= 15 is 0 Å². The standard InChI is InChI=1S/C17H26N4O3/c1-12-10-16(19-21(12)14-6-4-3-5-7-14)18-17(23)15-11-24-9-8-20(15)13(2)22/h10,14-15H,3-9,11H2,1-2H3,(H,18,19,23).